The fraction of sp³-hybridized carbons (Fsp3) is 0.667. The minimum Gasteiger partial charge on any atom is -0.489 e. The highest BCUT2D eigenvalue weighted by Crippen LogP contribution is 2.19. The summed E-state index contributed by atoms with van der Waals surface area (Å²) < 4.78 is 5.08. The number of nitrogens with zero attached hydrogens (tertiary/aromatic N) is 2. The molecule has 2 heterocycles. The molecule has 1 aromatic heterocycles. The van der Waals surface area contributed by atoms with Crippen molar-refractivity contribution < 1.29 is 4.74 Å². The van der Waals surface area contributed by atoms with Crippen LogP contribution in [0.3, 0.4) is 0 Å². The Hall–Kier alpha value is -1.56. The minimum absolute atomic E-state index is 0.249. The Balaban J connectivity index is 2.02. The van der Waals surface area contributed by atoms with Crippen LogP contribution in [0.15, 0.2) is 11.1 Å². The van der Waals surface area contributed by atoms with E-state index in [1.54, 1.807) is 0 Å². The Morgan fingerprint density at radius 3 is 2.89 bits per heavy atom. The Morgan fingerprint density at radius 1 is 1.56 bits per heavy atom. The highest BCUT2D eigenvalue weighted by molar-refractivity contribution is 5.48. The van der Waals surface area contributed by atoms with Crippen molar-refractivity contribution in [2.75, 3.05) is 32.1 Å². The van der Waals surface area contributed by atoms with Gasteiger partial charge in [0.1, 0.15) is 0 Å². The Kier molecular flexibility index (Phi) is 4.19. The van der Waals surface area contributed by atoms with Crippen molar-refractivity contribution in [1.29, 1.82) is 0 Å². The molecular weight excluding hydrogens is 232 g/mol. The quantitative estimate of drug-likeness (QED) is 0.824. The average Bonchev–Trinajstić information content (AvgIpc) is 2.40. The van der Waals surface area contributed by atoms with Gasteiger partial charge in [-0.1, -0.05) is 6.92 Å². The fourth-order valence-electron chi connectivity index (χ4n) is 2.27. The van der Waals surface area contributed by atoms with E-state index >= 15 is 0 Å². The number of rotatable bonds is 4. The van der Waals surface area contributed by atoms with Gasteiger partial charge in [-0.15, -0.1) is 0 Å². The zero-order valence-corrected chi connectivity index (χ0v) is 10.9. The van der Waals surface area contributed by atoms with Crippen molar-refractivity contribution in [2.24, 2.45) is 0 Å². The molecule has 0 bridgehead atoms. The molecular formula is C12H20N4O2. The predicted molar refractivity (Wildman–Crippen MR) is 70.2 cm³/mol. The van der Waals surface area contributed by atoms with Gasteiger partial charge in [0, 0.05) is 19.1 Å². The van der Waals surface area contributed by atoms with Crippen LogP contribution in [-0.4, -0.2) is 47.7 Å². The van der Waals surface area contributed by atoms with Gasteiger partial charge in [-0.25, -0.2) is 4.98 Å². The molecule has 0 aliphatic carbocycles. The number of methoxy groups -OCH3 is 1. The number of aromatic nitrogens is 2. The lowest BCUT2D eigenvalue weighted by molar-refractivity contribution is 0.229. The number of H-pyrrole nitrogens is 1. The Bertz CT molecular complexity index is 438. The molecule has 1 aromatic rings. The first kappa shape index (κ1) is 12.9. The molecule has 100 valence electrons. The predicted octanol–water partition coefficient (Wildman–Crippen LogP) is 0.675. The van der Waals surface area contributed by atoms with Gasteiger partial charge in [0.25, 0.3) is 5.56 Å². The minimum atomic E-state index is -0.249. The van der Waals surface area contributed by atoms with Gasteiger partial charge in [-0.2, -0.15) is 0 Å². The summed E-state index contributed by atoms with van der Waals surface area (Å²) in [5.74, 6) is 0.798. The van der Waals surface area contributed by atoms with E-state index in [9.17, 15) is 4.79 Å². The van der Waals surface area contributed by atoms with Crippen LogP contribution in [0, 0.1) is 0 Å². The highest BCUT2D eigenvalue weighted by atomic mass is 16.5. The van der Waals surface area contributed by atoms with Crippen LogP contribution in [0.2, 0.25) is 0 Å². The molecule has 2 rings (SSSR count). The summed E-state index contributed by atoms with van der Waals surface area (Å²) in [5, 5.41) is 3.30. The van der Waals surface area contributed by atoms with Crippen molar-refractivity contribution in [3.63, 3.8) is 0 Å². The molecule has 0 amide bonds. The number of anilines is 1. The van der Waals surface area contributed by atoms with Gasteiger partial charge < -0.3 is 19.9 Å². The molecule has 0 unspecified atom stereocenters. The third-order valence-corrected chi connectivity index (χ3v) is 3.39. The molecule has 1 aliphatic heterocycles. The van der Waals surface area contributed by atoms with Gasteiger partial charge in [0.05, 0.1) is 13.4 Å². The van der Waals surface area contributed by atoms with Crippen LogP contribution in [0.4, 0.5) is 5.82 Å². The molecule has 1 saturated heterocycles. The second-order valence-corrected chi connectivity index (χ2v) is 4.47. The average molecular weight is 252 g/mol. The van der Waals surface area contributed by atoms with Crippen LogP contribution in [0.25, 0.3) is 0 Å². The van der Waals surface area contributed by atoms with Crippen molar-refractivity contribution in [3.8, 4) is 5.75 Å². The molecule has 6 heteroatoms. The van der Waals surface area contributed by atoms with Crippen LogP contribution in [-0.2, 0) is 0 Å². The number of hydrogen-bond acceptors (Lipinski definition) is 5. The lowest BCUT2D eigenvalue weighted by atomic mass is 10.1. The molecule has 0 saturated carbocycles. The second kappa shape index (κ2) is 5.86. The molecule has 1 fully saturated rings. The molecule has 0 atom stereocenters. The number of likely N-dealkylation sites (tertiary alicyclic amines) is 1. The van der Waals surface area contributed by atoms with Crippen molar-refractivity contribution in [3.05, 3.63) is 16.7 Å². The number of nitrogens with one attached hydrogen (secondary N) is 2. The van der Waals surface area contributed by atoms with Gasteiger partial charge in [-0.05, 0) is 19.4 Å². The fourth-order valence-corrected chi connectivity index (χ4v) is 2.27. The second-order valence-electron chi connectivity index (χ2n) is 4.47. The first-order valence-corrected chi connectivity index (χ1v) is 6.35. The number of aromatic amines is 1. The van der Waals surface area contributed by atoms with Crippen LogP contribution in [0.5, 0.6) is 5.75 Å². The van der Waals surface area contributed by atoms with Crippen molar-refractivity contribution in [2.45, 2.75) is 25.8 Å². The van der Waals surface area contributed by atoms with Gasteiger partial charge >= 0.3 is 0 Å². The SMILES string of the molecule is CCN1CCC(Nc2nc[nH]c(=O)c2OC)CC1. The summed E-state index contributed by atoms with van der Waals surface area (Å²) >= 11 is 0. The monoisotopic (exact) mass is 252 g/mol. The van der Waals surface area contributed by atoms with Crippen LogP contribution >= 0.6 is 0 Å². The summed E-state index contributed by atoms with van der Waals surface area (Å²) in [6, 6.07) is 0.357. The largest absolute Gasteiger partial charge is 0.489 e. The number of piperidine rings is 1. The zero-order chi connectivity index (χ0) is 13.0. The zero-order valence-electron chi connectivity index (χ0n) is 10.9. The maximum Gasteiger partial charge on any atom is 0.295 e. The van der Waals surface area contributed by atoms with Gasteiger partial charge in [0.15, 0.2) is 5.82 Å². The third-order valence-electron chi connectivity index (χ3n) is 3.39. The van der Waals surface area contributed by atoms with E-state index < -0.39 is 0 Å². The highest BCUT2D eigenvalue weighted by Gasteiger charge is 2.20. The molecule has 6 nitrogen and oxygen atoms in total. The van der Waals surface area contributed by atoms with Gasteiger partial charge in [0.2, 0.25) is 5.75 Å². The summed E-state index contributed by atoms with van der Waals surface area (Å²) in [6.45, 7) is 5.44. The first-order valence-electron chi connectivity index (χ1n) is 6.35. The maximum atomic E-state index is 11.5. The van der Waals surface area contributed by atoms with E-state index in [1.807, 2.05) is 0 Å². The smallest absolute Gasteiger partial charge is 0.295 e. The lowest BCUT2D eigenvalue weighted by Gasteiger charge is -2.31. The molecule has 0 aromatic carbocycles. The topological polar surface area (TPSA) is 70.2 Å². The third kappa shape index (κ3) is 2.81. The summed E-state index contributed by atoms with van der Waals surface area (Å²) in [5.41, 5.74) is -0.249. The van der Waals surface area contributed by atoms with E-state index in [0.717, 1.165) is 32.5 Å². The van der Waals surface area contributed by atoms with E-state index in [1.165, 1.54) is 13.4 Å². The van der Waals surface area contributed by atoms with E-state index in [0.29, 0.717) is 11.9 Å². The maximum absolute atomic E-state index is 11.5. The molecule has 18 heavy (non-hydrogen) atoms. The van der Waals surface area contributed by atoms with Gasteiger partial charge in [-0.3, -0.25) is 4.79 Å². The standard InChI is InChI=1S/C12H20N4O2/c1-3-16-6-4-9(5-7-16)15-11-10(18-2)12(17)14-8-13-11/h8-9H,3-7H2,1-2H3,(H2,13,14,15,17). The molecule has 0 spiro atoms. The lowest BCUT2D eigenvalue weighted by Crippen LogP contribution is -2.39. The Morgan fingerprint density at radius 2 is 2.28 bits per heavy atom. The first-order chi connectivity index (χ1) is 8.74. The summed E-state index contributed by atoms with van der Waals surface area (Å²) in [7, 11) is 1.48. The van der Waals surface area contributed by atoms with Crippen LogP contribution < -0.4 is 15.6 Å². The normalized spacial score (nSPS) is 17.7. The van der Waals surface area contributed by atoms with Crippen molar-refractivity contribution >= 4 is 5.82 Å². The number of ether oxygens (including phenoxy) is 1. The molecule has 1 aliphatic rings. The molecule has 2 N–H and O–H groups in total. The summed E-state index contributed by atoms with van der Waals surface area (Å²) in [4.78, 5) is 20.6. The van der Waals surface area contributed by atoms with E-state index in [4.69, 9.17) is 4.74 Å². The van der Waals surface area contributed by atoms with Crippen LogP contribution in [0.1, 0.15) is 19.8 Å². The van der Waals surface area contributed by atoms with E-state index in [-0.39, 0.29) is 11.3 Å². The van der Waals surface area contributed by atoms with Crippen molar-refractivity contribution in [1.82, 2.24) is 14.9 Å². The Labute approximate surface area is 106 Å². The van der Waals surface area contributed by atoms with E-state index in [2.05, 4.69) is 27.1 Å². The molecule has 0 radical (unpaired) electrons. The summed E-state index contributed by atoms with van der Waals surface area (Å²) in [6.07, 6.45) is 3.52. The number of hydrogen-bond donors (Lipinski definition) is 2.